The molecular formula is C21H20ClN5OS. The first-order valence-electron chi connectivity index (χ1n) is 9.21. The van der Waals surface area contributed by atoms with Crippen LogP contribution >= 0.6 is 23.8 Å². The fourth-order valence-corrected chi connectivity index (χ4v) is 3.88. The van der Waals surface area contributed by atoms with E-state index in [4.69, 9.17) is 29.6 Å². The number of thiocarbonyl (C=S) groups is 1. The van der Waals surface area contributed by atoms with Gasteiger partial charge in [-0.3, -0.25) is 9.78 Å². The third-order valence-corrected chi connectivity index (χ3v) is 5.74. The van der Waals surface area contributed by atoms with Crippen molar-refractivity contribution in [3.05, 3.63) is 80.1 Å². The molecule has 6 nitrogen and oxygen atoms in total. The summed E-state index contributed by atoms with van der Waals surface area (Å²) in [5.41, 5.74) is 10.1. The third-order valence-electron chi connectivity index (χ3n) is 5.02. The molecule has 3 aromatic rings. The lowest BCUT2D eigenvalue weighted by atomic mass is 10.0. The van der Waals surface area contributed by atoms with Crippen molar-refractivity contribution >= 4 is 46.3 Å². The number of nitrogens with one attached hydrogen (secondary N) is 2. The molecule has 1 aliphatic heterocycles. The largest absolute Gasteiger partial charge is 0.383 e. The molecule has 2 heterocycles. The Morgan fingerprint density at radius 2 is 2.03 bits per heavy atom. The SMILES string of the molecule is Cc1ccc(NC(=S)c2c(N)nc(N3CCc4ccccc4C3)[nH]c2=O)cc1Cl. The minimum atomic E-state index is -0.373. The fourth-order valence-electron chi connectivity index (χ4n) is 3.39. The van der Waals surface area contributed by atoms with Crippen LogP contribution in [0.3, 0.4) is 0 Å². The summed E-state index contributed by atoms with van der Waals surface area (Å²) < 4.78 is 0. The Balaban J connectivity index is 1.58. The lowest BCUT2D eigenvalue weighted by Gasteiger charge is -2.29. The van der Waals surface area contributed by atoms with Crippen molar-refractivity contribution in [1.82, 2.24) is 9.97 Å². The molecule has 1 aliphatic rings. The van der Waals surface area contributed by atoms with Gasteiger partial charge in [-0.2, -0.15) is 4.98 Å². The molecule has 0 spiro atoms. The number of aromatic amines is 1. The molecule has 0 atom stereocenters. The third kappa shape index (κ3) is 3.97. The molecule has 29 heavy (non-hydrogen) atoms. The van der Waals surface area contributed by atoms with Crippen molar-refractivity contribution in [2.24, 2.45) is 0 Å². The maximum absolute atomic E-state index is 12.7. The molecule has 0 radical (unpaired) electrons. The zero-order valence-electron chi connectivity index (χ0n) is 15.8. The summed E-state index contributed by atoms with van der Waals surface area (Å²) >= 11 is 11.6. The number of nitrogen functional groups attached to an aromatic ring is 1. The number of aromatic nitrogens is 2. The van der Waals surface area contributed by atoms with Crippen LogP contribution in [-0.2, 0) is 13.0 Å². The molecule has 0 fully saturated rings. The maximum atomic E-state index is 12.7. The molecule has 0 amide bonds. The van der Waals surface area contributed by atoms with Gasteiger partial charge in [0.25, 0.3) is 5.56 Å². The van der Waals surface area contributed by atoms with E-state index in [1.165, 1.54) is 11.1 Å². The Morgan fingerprint density at radius 1 is 1.28 bits per heavy atom. The van der Waals surface area contributed by atoms with E-state index in [1.807, 2.05) is 36.1 Å². The van der Waals surface area contributed by atoms with Crippen LogP contribution in [0.1, 0.15) is 22.3 Å². The van der Waals surface area contributed by atoms with Crippen LogP contribution in [0.4, 0.5) is 17.5 Å². The van der Waals surface area contributed by atoms with Gasteiger partial charge in [0.1, 0.15) is 16.4 Å². The monoisotopic (exact) mass is 425 g/mol. The number of nitrogens with two attached hydrogens (primary N) is 1. The number of hydrogen-bond donors (Lipinski definition) is 3. The summed E-state index contributed by atoms with van der Waals surface area (Å²) in [4.78, 5) is 22.2. The normalized spacial score (nSPS) is 13.1. The number of H-pyrrole nitrogens is 1. The van der Waals surface area contributed by atoms with Crippen LogP contribution in [0.5, 0.6) is 0 Å². The van der Waals surface area contributed by atoms with Gasteiger partial charge in [-0.1, -0.05) is 54.2 Å². The number of rotatable bonds is 3. The molecule has 4 N–H and O–H groups in total. The second-order valence-electron chi connectivity index (χ2n) is 7.01. The molecule has 0 aliphatic carbocycles. The summed E-state index contributed by atoms with van der Waals surface area (Å²) in [5, 5.41) is 3.62. The number of aryl methyl sites for hydroxylation is 1. The number of anilines is 3. The van der Waals surface area contributed by atoms with Crippen molar-refractivity contribution in [3.8, 4) is 0 Å². The number of hydrogen-bond acceptors (Lipinski definition) is 5. The lowest BCUT2D eigenvalue weighted by Crippen LogP contribution is -2.35. The highest BCUT2D eigenvalue weighted by Crippen LogP contribution is 2.23. The summed E-state index contributed by atoms with van der Waals surface area (Å²) in [7, 11) is 0. The smallest absolute Gasteiger partial charge is 0.264 e. The van der Waals surface area contributed by atoms with Gasteiger partial charge in [0, 0.05) is 23.8 Å². The molecule has 148 valence electrons. The number of nitrogens with zero attached hydrogens (tertiary/aromatic N) is 2. The highest BCUT2D eigenvalue weighted by Gasteiger charge is 2.21. The van der Waals surface area contributed by atoms with Gasteiger partial charge in [0.05, 0.1) is 0 Å². The average molecular weight is 426 g/mol. The molecule has 0 bridgehead atoms. The van der Waals surface area contributed by atoms with E-state index in [0.29, 0.717) is 23.2 Å². The second kappa shape index (κ2) is 7.85. The van der Waals surface area contributed by atoms with E-state index < -0.39 is 0 Å². The highest BCUT2D eigenvalue weighted by atomic mass is 35.5. The molecule has 1 aromatic heterocycles. The molecule has 4 rings (SSSR count). The lowest BCUT2D eigenvalue weighted by molar-refractivity contribution is 0.706. The highest BCUT2D eigenvalue weighted by molar-refractivity contribution is 7.81. The van der Waals surface area contributed by atoms with Gasteiger partial charge in [0.15, 0.2) is 0 Å². The van der Waals surface area contributed by atoms with Crippen LogP contribution in [0.15, 0.2) is 47.3 Å². The molecule has 8 heteroatoms. The van der Waals surface area contributed by atoms with Crippen molar-refractivity contribution < 1.29 is 0 Å². The molecular weight excluding hydrogens is 406 g/mol. The first-order valence-corrected chi connectivity index (χ1v) is 10.00. The van der Waals surface area contributed by atoms with Gasteiger partial charge >= 0.3 is 0 Å². The summed E-state index contributed by atoms with van der Waals surface area (Å²) in [5.74, 6) is 0.547. The van der Waals surface area contributed by atoms with E-state index in [2.05, 4.69) is 27.4 Å². The van der Waals surface area contributed by atoms with E-state index in [0.717, 1.165) is 18.5 Å². The Morgan fingerprint density at radius 3 is 2.76 bits per heavy atom. The van der Waals surface area contributed by atoms with Gasteiger partial charge in [-0.25, -0.2) is 0 Å². The Bertz CT molecular complexity index is 1160. The second-order valence-corrected chi connectivity index (χ2v) is 7.82. The average Bonchev–Trinajstić information content (AvgIpc) is 2.70. The zero-order valence-corrected chi connectivity index (χ0v) is 17.4. The number of halogens is 1. The molecule has 0 saturated heterocycles. The van der Waals surface area contributed by atoms with E-state index in [1.54, 1.807) is 6.07 Å². The van der Waals surface area contributed by atoms with E-state index in [9.17, 15) is 4.79 Å². The summed E-state index contributed by atoms with van der Waals surface area (Å²) in [6, 6.07) is 13.7. The quantitative estimate of drug-likeness (QED) is 0.555. The van der Waals surface area contributed by atoms with Crippen LogP contribution in [0.2, 0.25) is 5.02 Å². The fraction of sp³-hybridized carbons (Fsp3) is 0.190. The van der Waals surface area contributed by atoms with Crippen molar-refractivity contribution in [2.75, 3.05) is 22.5 Å². The maximum Gasteiger partial charge on any atom is 0.264 e. The predicted molar refractivity (Wildman–Crippen MR) is 122 cm³/mol. The van der Waals surface area contributed by atoms with Crippen LogP contribution in [-0.4, -0.2) is 21.5 Å². The predicted octanol–water partition coefficient (Wildman–Crippen LogP) is 3.66. The Hall–Kier alpha value is -2.90. The first-order chi connectivity index (χ1) is 13.9. The Kier molecular flexibility index (Phi) is 5.25. The van der Waals surface area contributed by atoms with Gasteiger partial charge in [-0.15, -0.1) is 0 Å². The topological polar surface area (TPSA) is 87.0 Å². The van der Waals surface area contributed by atoms with Crippen LogP contribution in [0, 0.1) is 6.92 Å². The minimum Gasteiger partial charge on any atom is -0.383 e. The van der Waals surface area contributed by atoms with E-state index >= 15 is 0 Å². The zero-order chi connectivity index (χ0) is 20.5. The molecule has 0 unspecified atom stereocenters. The van der Waals surface area contributed by atoms with Gasteiger partial charge in [-0.05, 0) is 42.2 Å². The van der Waals surface area contributed by atoms with Gasteiger partial charge < -0.3 is 16.0 Å². The first kappa shape index (κ1) is 19.4. The van der Waals surface area contributed by atoms with Gasteiger partial charge in [0.2, 0.25) is 5.95 Å². The van der Waals surface area contributed by atoms with Crippen LogP contribution < -0.4 is 21.5 Å². The molecule has 2 aromatic carbocycles. The number of fused-ring (bicyclic) bond motifs is 1. The summed E-state index contributed by atoms with van der Waals surface area (Å²) in [6.45, 7) is 3.33. The Labute approximate surface area is 178 Å². The van der Waals surface area contributed by atoms with Crippen LogP contribution in [0.25, 0.3) is 0 Å². The summed E-state index contributed by atoms with van der Waals surface area (Å²) in [6.07, 6.45) is 0.885. The van der Waals surface area contributed by atoms with Crippen molar-refractivity contribution in [2.45, 2.75) is 19.9 Å². The molecule has 0 saturated carbocycles. The van der Waals surface area contributed by atoms with E-state index in [-0.39, 0.29) is 21.9 Å². The van der Waals surface area contributed by atoms with Crippen molar-refractivity contribution in [3.63, 3.8) is 0 Å². The van der Waals surface area contributed by atoms with Crippen molar-refractivity contribution in [1.29, 1.82) is 0 Å². The number of benzene rings is 2. The standard InChI is InChI=1S/C21H20ClN5OS/c1-12-6-7-15(10-16(12)22)24-20(29)17-18(23)25-21(26-19(17)28)27-9-8-13-4-2-3-5-14(13)11-27/h2-7,10H,8-9,11H2,1H3,(H,24,29)(H3,23,25,26,28). The minimum absolute atomic E-state index is 0.0957.